The Kier molecular flexibility index (Phi) is 3.78. The van der Waals surface area contributed by atoms with E-state index in [-0.39, 0.29) is 0 Å². The van der Waals surface area contributed by atoms with Crippen molar-refractivity contribution < 1.29 is 0 Å². The van der Waals surface area contributed by atoms with Gasteiger partial charge in [-0.1, -0.05) is 36.0 Å². The highest BCUT2D eigenvalue weighted by Gasteiger charge is 1.79. The zero-order chi connectivity index (χ0) is 7.28. The largest absolute Gasteiger partial charge is 0.0988 e. The Bertz CT molecular complexity index is 147. The Morgan fingerprint density at radius 1 is 1.22 bits per heavy atom. The molecule has 0 radical (unpaired) electrons. The molecule has 0 atom stereocenters. The van der Waals surface area contributed by atoms with Crippen molar-refractivity contribution in [2.75, 3.05) is 0 Å². The summed E-state index contributed by atoms with van der Waals surface area (Å²) in [7, 11) is 0. The summed E-state index contributed by atoms with van der Waals surface area (Å²) in [4.78, 5) is 0. The zero-order valence-electron chi connectivity index (χ0n) is 6.44. The highest BCUT2D eigenvalue weighted by Crippen LogP contribution is 2.00. The maximum absolute atomic E-state index is 3.65. The molecule has 0 aliphatic heterocycles. The van der Waals surface area contributed by atoms with Gasteiger partial charge in [0.15, 0.2) is 0 Å². The van der Waals surface area contributed by atoms with Crippen molar-refractivity contribution in [3.8, 4) is 0 Å². The molecule has 0 aliphatic rings. The minimum absolute atomic E-state index is 1.21. The molecule has 0 aromatic carbocycles. The third-order valence-corrected chi connectivity index (χ3v) is 1.23. The van der Waals surface area contributed by atoms with Crippen LogP contribution in [0, 0.1) is 0 Å². The van der Waals surface area contributed by atoms with Crippen LogP contribution in [0.3, 0.4) is 0 Å². The lowest BCUT2D eigenvalue weighted by atomic mass is 10.2. The molecular formula is C9H14. The van der Waals surface area contributed by atoms with Gasteiger partial charge in [-0.15, -0.1) is 0 Å². The van der Waals surface area contributed by atoms with Crippen molar-refractivity contribution in [1.29, 1.82) is 0 Å². The number of hydrogen-bond donors (Lipinski definition) is 0. The molecule has 0 aliphatic carbocycles. The first kappa shape index (κ1) is 8.22. The second kappa shape index (κ2) is 4.13. The van der Waals surface area contributed by atoms with E-state index in [1.165, 1.54) is 11.1 Å². The molecule has 0 saturated heterocycles. The van der Waals surface area contributed by atoms with Crippen LogP contribution in [-0.2, 0) is 0 Å². The lowest BCUT2D eigenvalue weighted by molar-refractivity contribution is 1.42. The highest BCUT2D eigenvalue weighted by molar-refractivity contribution is 5.25. The van der Waals surface area contributed by atoms with Crippen LogP contribution >= 0.6 is 0 Å². The minimum atomic E-state index is 1.21. The second-order valence-corrected chi connectivity index (χ2v) is 2.13. The molecule has 0 fully saturated rings. The lowest BCUT2D eigenvalue weighted by Crippen LogP contribution is -1.69. The molecule has 0 bridgehead atoms. The van der Waals surface area contributed by atoms with Crippen molar-refractivity contribution >= 4 is 0 Å². The lowest BCUT2D eigenvalue weighted by Gasteiger charge is -1.90. The van der Waals surface area contributed by atoms with Gasteiger partial charge in [0.25, 0.3) is 0 Å². The minimum Gasteiger partial charge on any atom is -0.0988 e. The molecule has 0 heteroatoms. The quantitative estimate of drug-likeness (QED) is 0.494. The molecule has 0 rings (SSSR count). The van der Waals surface area contributed by atoms with Crippen LogP contribution < -0.4 is 0 Å². The topological polar surface area (TPSA) is 0 Å². The van der Waals surface area contributed by atoms with Crippen LogP contribution in [0.4, 0.5) is 0 Å². The third-order valence-electron chi connectivity index (χ3n) is 1.23. The van der Waals surface area contributed by atoms with Crippen LogP contribution in [0.2, 0.25) is 0 Å². The van der Waals surface area contributed by atoms with Crippen molar-refractivity contribution in [3.63, 3.8) is 0 Å². The summed E-state index contributed by atoms with van der Waals surface area (Å²) in [6.45, 7) is 9.80. The second-order valence-electron chi connectivity index (χ2n) is 2.13. The summed E-state index contributed by atoms with van der Waals surface area (Å²) >= 11 is 0. The highest BCUT2D eigenvalue weighted by atomic mass is 13.9. The zero-order valence-corrected chi connectivity index (χ0v) is 6.44. The summed E-state index contributed by atoms with van der Waals surface area (Å²) in [6, 6.07) is 0. The molecule has 0 aromatic heterocycles. The van der Waals surface area contributed by atoms with Crippen molar-refractivity contribution in [1.82, 2.24) is 0 Å². The summed E-state index contributed by atoms with van der Waals surface area (Å²) in [5.41, 5.74) is 2.50. The van der Waals surface area contributed by atoms with Gasteiger partial charge in [0, 0.05) is 0 Å². The van der Waals surface area contributed by atoms with E-state index < -0.39 is 0 Å². The van der Waals surface area contributed by atoms with Crippen LogP contribution in [0.15, 0.2) is 36.0 Å². The molecule has 9 heavy (non-hydrogen) atoms. The molecule has 0 heterocycles. The first-order chi connectivity index (χ1) is 4.20. The summed E-state index contributed by atoms with van der Waals surface area (Å²) < 4.78 is 0. The molecule has 0 amide bonds. The molecule has 0 unspecified atom stereocenters. The van der Waals surface area contributed by atoms with Gasteiger partial charge in [-0.2, -0.15) is 0 Å². The van der Waals surface area contributed by atoms with Crippen LogP contribution in [0.1, 0.15) is 20.8 Å². The fourth-order valence-electron chi connectivity index (χ4n) is 0.501. The fourth-order valence-corrected chi connectivity index (χ4v) is 0.501. The smallest absolute Gasteiger partial charge is 0.0398 e. The van der Waals surface area contributed by atoms with Crippen molar-refractivity contribution in [2.24, 2.45) is 0 Å². The van der Waals surface area contributed by atoms with E-state index in [0.29, 0.717) is 0 Å². The van der Waals surface area contributed by atoms with E-state index in [9.17, 15) is 0 Å². The maximum atomic E-state index is 3.65. The average molecular weight is 122 g/mol. The first-order valence-electron chi connectivity index (χ1n) is 3.14. The molecule has 0 spiro atoms. The predicted octanol–water partition coefficient (Wildman–Crippen LogP) is 3.08. The summed E-state index contributed by atoms with van der Waals surface area (Å²) in [5.74, 6) is 0. The van der Waals surface area contributed by atoms with E-state index >= 15 is 0 Å². The third kappa shape index (κ3) is 3.77. The predicted molar refractivity (Wildman–Crippen MR) is 43.4 cm³/mol. The molecule has 50 valence electrons. The van der Waals surface area contributed by atoms with E-state index in [4.69, 9.17) is 0 Å². The standard InChI is InChI=1S/C9H14/c1-5-8(3)7-9(4)6-2/h5-7H,1H2,2-4H3/b8-7-,9-6+. The van der Waals surface area contributed by atoms with Gasteiger partial charge in [-0.25, -0.2) is 0 Å². The molecule has 0 N–H and O–H groups in total. The summed E-state index contributed by atoms with van der Waals surface area (Å²) in [5, 5.41) is 0. The Morgan fingerprint density at radius 2 is 1.78 bits per heavy atom. The fraction of sp³-hybridized carbons (Fsp3) is 0.333. The molecular weight excluding hydrogens is 108 g/mol. The van der Waals surface area contributed by atoms with E-state index in [1.807, 2.05) is 19.9 Å². The van der Waals surface area contributed by atoms with Crippen LogP contribution in [0.5, 0.6) is 0 Å². The molecule has 0 aromatic rings. The van der Waals surface area contributed by atoms with Gasteiger partial charge in [0.05, 0.1) is 0 Å². The molecule has 0 nitrogen and oxygen atoms in total. The van der Waals surface area contributed by atoms with Crippen molar-refractivity contribution in [3.05, 3.63) is 36.0 Å². The van der Waals surface area contributed by atoms with Crippen LogP contribution in [-0.4, -0.2) is 0 Å². The maximum Gasteiger partial charge on any atom is -0.0398 e. The van der Waals surface area contributed by atoms with Gasteiger partial charge >= 0.3 is 0 Å². The Morgan fingerprint density at radius 3 is 2.11 bits per heavy atom. The number of rotatable bonds is 2. The van der Waals surface area contributed by atoms with E-state index in [0.717, 1.165) is 0 Å². The molecule has 0 saturated carbocycles. The SMILES string of the molecule is C=C/C(C)=C\C(C)=C\C. The summed E-state index contributed by atoms with van der Waals surface area (Å²) in [6.07, 6.45) is 6.03. The van der Waals surface area contributed by atoms with E-state index in [2.05, 4.69) is 25.7 Å². The van der Waals surface area contributed by atoms with E-state index in [1.54, 1.807) is 0 Å². The Hall–Kier alpha value is -0.780. The van der Waals surface area contributed by atoms with Gasteiger partial charge < -0.3 is 0 Å². The van der Waals surface area contributed by atoms with Gasteiger partial charge in [-0.05, 0) is 20.8 Å². The first-order valence-corrected chi connectivity index (χ1v) is 3.14. The normalized spacial score (nSPS) is 13.7. The number of hydrogen-bond acceptors (Lipinski definition) is 0. The Labute approximate surface area is 57.6 Å². The average Bonchev–Trinajstić information content (AvgIpc) is 1.87. The number of allylic oxidation sites excluding steroid dienone is 5. The monoisotopic (exact) mass is 122 g/mol. The van der Waals surface area contributed by atoms with Gasteiger partial charge in [0.1, 0.15) is 0 Å². The Balaban J connectivity index is 4.11. The van der Waals surface area contributed by atoms with Gasteiger partial charge in [-0.3, -0.25) is 0 Å². The van der Waals surface area contributed by atoms with Gasteiger partial charge in [0.2, 0.25) is 0 Å². The van der Waals surface area contributed by atoms with Crippen molar-refractivity contribution in [2.45, 2.75) is 20.8 Å². The van der Waals surface area contributed by atoms with Crippen LogP contribution in [0.25, 0.3) is 0 Å².